The van der Waals surface area contributed by atoms with Gasteiger partial charge in [-0.1, -0.05) is 38.2 Å². The molecule has 0 saturated carbocycles. The van der Waals surface area contributed by atoms with Crippen LogP contribution in [0.2, 0.25) is 0 Å². The standard InChI is InChI=1S/C18H22FN5O2S2/c1-18(2,3)15-12-24-16(20-15)27-17(21-24)22-7-9-23(10-8-22)28(25,26)14-6-4-5-13(19)11-14/h4-6,11-12H,7-10H2,1-3H3. The fraction of sp³-hybridized carbons (Fsp3) is 0.444. The summed E-state index contributed by atoms with van der Waals surface area (Å²) in [5.74, 6) is -0.555. The van der Waals surface area contributed by atoms with E-state index in [4.69, 9.17) is 0 Å². The lowest BCUT2D eigenvalue weighted by Gasteiger charge is -2.33. The predicted molar refractivity (Wildman–Crippen MR) is 107 cm³/mol. The van der Waals surface area contributed by atoms with Crippen LogP contribution in [0, 0.1) is 5.82 Å². The van der Waals surface area contributed by atoms with Crippen molar-refractivity contribution in [1.82, 2.24) is 18.9 Å². The quantitative estimate of drug-likeness (QED) is 0.648. The lowest BCUT2D eigenvalue weighted by Crippen LogP contribution is -2.48. The number of piperazine rings is 1. The smallest absolute Gasteiger partial charge is 0.243 e. The van der Waals surface area contributed by atoms with Crippen molar-refractivity contribution >= 4 is 31.5 Å². The molecule has 4 rings (SSSR count). The van der Waals surface area contributed by atoms with Crippen molar-refractivity contribution in [2.75, 3.05) is 31.1 Å². The van der Waals surface area contributed by atoms with E-state index in [9.17, 15) is 12.8 Å². The van der Waals surface area contributed by atoms with Gasteiger partial charge in [0.05, 0.1) is 16.8 Å². The van der Waals surface area contributed by atoms with Gasteiger partial charge in [-0.2, -0.15) is 4.31 Å². The Morgan fingerprint density at radius 1 is 1.14 bits per heavy atom. The summed E-state index contributed by atoms with van der Waals surface area (Å²) in [5, 5.41) is 5.43. The van der Waals surface area contributed by atoms with Gasteiger partial charge in [-0.05, 0) is 18.2 Å². The summed E-state index contributed by atoms with van der Waals surface area (Å²) in [4.78, 5) is 7.53. The van der Waals surface area contributed by atoms with E-state index in [1.165, 1.54) is 33.8 Å². The molecule has 1 aliphatic heterocycles. The first-order valence-electron chi connectivity index (χ1n) is 9.02. The Morgan fingerprint density at radius 2 is 1.86 bits per heavy atom. The Labute approximate surface area is 167 Å². The van der Waals surface area contributed by atoms with Crippen LogP contribution in [0.1, 0.15) is 26.5 Å². The molecule has 0 radical (unpaired) electrons. The molecule has 7 nitrogen and oxygen atoms in total. The van der Waals surface area contributed by atoms with Crippen LogP contribution in [0.4, 0.5) is 9.52 Å². The number of sulfonamides is 1. The molecule has 0 N–H and O–H groups in total. The molecule has 1 saturated heterocycles. The van der Waals surface area contributed by atoms with Crippen LogP contribution < -0.4 is 4.90 Å². The maximum Gasteiger partial charge on any atom is 0.243 e. The number of fused-ring (bicyclic) bond motifs is 1. The number of anilines is 1. The highest BCUT2D eigenvalue weighted by Crippen LogP contribution is 2.28. The van der Waals surface area contributed by atoms with E-state index in [-0.39, 0.29) is 10.3 Å². The molecule has 1 aliphatic rings. The third-order valence-electron chi connectivity index (χ3n) is 4.74. The minimum absolute atomic E-state index is 0.0108. The molecule has 0 amide bonds. The summed E-state index contributed by atoms with van der Waals surface area (Å²) >= 11 is 1.50. The Balaban J connectivity index is 1.48. The molecule has 2 aromatic heterocycles. The number of benzene rings is 1. The summed E-state index contributed by atoms with van der Waals surface area (Å²) in [7, 11) is -3.69. The first-order valence-corrected chi connectivity index (χ1v) is 11.3. The van der Waals surface area contributed by atoms with Gasteiger partial charge in [0, 0.05) is 31.6 Å². The fourth-order valence-corrected chi connectivity index (χ4v) is 5.46. The third-order valence-corrected chi connectivity index (χ3v) is 7.62. The normalized spacial score (nSPS) is 16.8. The van der Waals surface area contributed by atoms with Crippen molar-refractivity contribution in [2.45, 2.75) is 31.1 Å². The SMILES string of the molecule is CC(C)(C)c1cn2nc(N3CCN(S(=O)(=O)c4cccc(F)c4)CC3)sc2n1. The second-order valence-electron chi connectivity index (χ2n) is 7.84. The average molecular weight is 424 g/mol. The van der Waals surface area contributed by atoms with E-state index in [0.29, 0.717) is 26.2 Å². The van der Waals surface area contributed by atoms with Crippen LogP contribution in [0.25, 0.3) is 4.96 Å². The molecule has 150 valence electrons. The van der Waals surface area contributed by atoms with Gasteiger partial charge >= 0.3 is 0 Å². The van der Waals surface area contributed by atoms with E-state index in [2.05, 4.69) is 35.8 Å². The van der Waals surface area contributed by atoms with Crippen molar-refractivity contribution in [2.24, 2.45) is 0 Å². The summed E-state index contributed by atoms with van der Waals surface area (Å²) in [6.07, 6.45) is 1.94. The van der Waals surface area contributed by atoms with Gasteiger partial charge in [-0.3, -0.25) is 0 Å². The summed E-state index contributed by atoms with van der Waals surface area (Å²) < 4.78 is 42.1. The number of halogens is 1. The molecule has 0 spiro atoms. The van der Waals surface area contributed by atoms with Crippen molar-refractivity contribution in [1.29, 1.82) is 0 Å². The third kappa shape index (κ3) is 3.51. The van der Waals surface area contributed by atoms with Gasteiger partial charge in [0.15, 0.2) is 0 Å². The van der Waals surface area contributed by atoms with E-state index in [1.807, 2.05) is 6.20 Å². The second-order valence-corrected chi connectivity index (χ2v) is 10.7. The van der Waals surface area contributed by atoms with Crippen LogP contribution >= 0.6 is 11.3 Å². The molecule has 3 heterocycles. The van der Waals surface area contributed by atoms with Crippen molar-refractivity contribution in [3.8, 4) is 0 Å². The molecule has 0 atom stereocenters. The van der Waals surface area contributed by atoms with Gasteiger partial charge in [0.1, 0.15) is 5.82 Å². The van der Waals surface area contributed by atoms with Gasteiger partial charge in [-0.15, -0.1) is 5.10 Å². The van der Waals surface area contributed by atoms with E-state index in [0.717, 1.165) is 21.9 Å². The largest absolute Gasteiger partial charge is 0.344 e. The predicted octanol–water partition coefficient (Wildman–Crippen LogP) is 2.74. The molecule has 1 fully saturated rings. The molecule has 0 aliphatic carbocycles. The maximum atomic E-state index is 13.4. The monoisotopic (exact) mass is 423 g/mol. The number of hydrogen-bond acceptors (Lipinski definition) is 6. The van der Waals surface area contributed by atoms with E-state index < -0.39 is 15.8 Å². The lowest BCUT2D eigenvalue weighted by molar-refractivity contribution is 0.384. The number of imidazole rings is 1. The van der Waals surface area contributed by atoms with Crippen LogP contribution in [0.15, 0.2) is 35.4 Å². The highest BCUT2D eigenvalue weighted by atomic mass is 32.2. The van der Waals surface area contributed by atoms with Gasteiger partial charge in [-0.25, -0.2) is 22.3 Å². The van der Waals surface area contributed by atoms with Crippen LogP contribution in [-0.2, 0) is 15.4 Å². The van der Waals surface area contributed by atoms with Crippen LogP contribution in [-0.4, -0.2) is 53.5 Å². The lowest BCUT2D eigenvalue weighted by atomic mass is 9.93. The Morgan fingerprint density at radius 3 is 2.46 bits per heavy atom. The molecular formula is C18H22FN5O2S2. The zero-order valence-electron chi connectivity index (χ0n) is 16.0. The zero-order valence-corrected chi connectivity index (χ0v) is 17.6. The number of hydrogen-bond donors (Lipinski definition) is 0. The topological polar surface area (TPSA) is 70.8 Å². The molecule has 28 heavy (non-hydrogen) atoms. The van der Waals surface area contributed by atoms with Gasteiger partial charge in [0.25, 0.3) is 0 Å². The Hall–Kier alpha value is -2.04. The fourth-order valence-electron chi connectivity index (χ4n) is 3.08. The minimum Gasteiger partial charge on any atom is -0.344 e. The second kappa shape index (κ2) is 6.78. The molecule has 10 heteroatoms. The molecule has 0 bridgehead atoms. The molecule has 0 unspecified atom stereocenters. The Bertz CT molecular complexity index is 1080. The number of rotatable bonds is 3. The zero-order chi connectivity index (χ0) is 20.1. The summed E-state index contributed by atoms with van der Waals surface area (Å²) in [6.45, 7) is 8.03. The highest BCUT2D eigenvalue weighted by molar-refractivity contribution is 7.89. The summed E-state index contributed by atoms with van der Waals surface area (Å²) in [5.41, 5.74) is 0.952. The first-order chi connectivity index (χ1) is 13.1. The van der Waals surface area contributed by atoms with Crippen molar-refractivity contribution < 1.29 is 12.8 Å². The average Bonchev–Trinajstić information content (AvgIpc) is 3.21. The van der Waals surface area contributed by atoms with E-state index in [1.54, 1.807) is 4.52 Å². The molecular weight excluding hydrogens is 401 g/mol. The molecule has 3 aromatic rings. The highest BCUT2D eigenvalue weighted by Gasteiger charge is 2.30. The van der Waals surface area contributed by atoms with Crippen molar-refractivity contribution in [3.05, 3.63) is 42.0 Å². The van der Waals surface area contributed by atoms with Crippen molar-refractivity contribution in [3.63, 3.8) is 0 Å². The first kappa shape index (κ1) is 19.3. The summed E-state index contributed by atoms with van der Waals surface area (Å²) in [6, 6.07) is 5.13. The van der Waals surface area contributed by atoms with Gasteiger partial charge < -0.3 is 4.90 Å². The minimum atomic E-state index is -3.69. The number of nitrogens with zero attached hydrogens (tertiary/aromatic N) is 5. The maximum absolute atomic E-state index is 13.4. The van der Waals surface area contributed by atoms with E-state index >= 15 is 0 Å². The van der Waals surface area contributed by atoms with Gasteiger partial charge in [0.2, 0.25) is 20.1 Å². The Kier molecular flexibility index (Phi) is 4.67. The molecule has 1 aromatic carbocycles. The number of aromatic nitrogens is 3. The van der Waals surface area contributed by atoms with Crippen LogP contribution in [0.3, 0.4) is 0 Å². The van der Waals surface area contributed by atoms with Crippen LogP contribution in [0.5, 0.6) is 0 Å².